The molecule has 0 aromatic heterocycles. The first-order chi connectivity index (χ1) is 8.95. The first-order valence-electron chi connectivity index (χ1n) is 6.80. The van der Waals surface area contributed by atoms with Crippen molar-refractivity contribution in [1.82, 2.24) is 5.32 Å². The predicted molar refractivity (Wildman–Crippen MR) is 78.3 cm³/mol. The van der Waals surface area contributed by atoms with Gasteiger partial charge in [0.2, 0.25) is 0 Å². The number of carbonyl (C=O) groups excluding carboxylic acids is 1. The van der Waals surface area contributed by atoms with E-state index in [0.29, 0.717) is 6.42 Å². The molecule has 3 nitrogen and oxygen atoms in total. The van der Waals surface area contributed by atoms with Crippen LogP contribution in [0.25, 0.3) is 0 Å². The maximum atomic E-state index is 11.0. The van der Waals surface area contributed by atoms with Gasteiger partial charge < -0.3 is 10.1 Å². The second kappa shape index (κ2) is 7.29. The number of nitrogens with one attached hydrogen (secondary N) is 1. The Kier molecular flexibility index (Phi) is 6.03. The number of aryl methyl sites for hydroxylation is 1. The molecule has 0 amide bonds. The molecule has 0 saturated heterocycles. The predicted octanol–water partition coefficient (Wildman–Crippen LogP) is 2.82. The Labute approximate surface area is 116 Å². The van der Waals surface area contributed by atoms with Gasteiger partial charge in [-0.3, -0.25) is 4.79 Å². The van der Waals surface area contributed by atoms with E-state index >= 15 is 0 Å². The fraction of sp³-hybridized carbons (Fsp3) is 0.562. The van der Waals surface area contributed by atoms with E-state index in [2.05, 4.69) is 55.1 Å². The van der Waals surface area contributed by atoms with Crippen LogP contribution in [0.2, 0.25) is 0 Å². The molecular weight excluding hydrogens is 238 g/mol. The van der Waals surface area contributed by atoms with Crippen LogP contribution in [0.4, 0.5) is 0 Å². The second-order valence-electron chi connectivity index (χ2n) is 5.61. The monoisotopic (exact) mass is 263 g/mol. The molecule has 0 unspecified atom stereocenters. The Morgan fingerprint density at radius 3 is 2.47 bits per heavy atom. The molecule has 0 radical (unpaired) electrons. The Bertz CT molecular complexity index is 396. The SMILES string of the molecule is COC(=O)CCCNCC(C)(C)c1ccc(C)cc1. The van der Waals surface area contributed by atoms with Gasteiger partial charge in [-0.05, 0) is 25.5 Å². The average molecular weight is 263 g/mol. The van der Waals surface area contributed by atoms with Crippen molar-refractivity contribution in [3.8, 4) is 0 Å². The van der Waals surface area contributed by atoms with Gasteiger partial charge in [0.25, 0.3) is 0 Å². The second-order valence-corrected chi connectivity index (χ2v) is 5.61. The lowest BCUT2D eigenvalue weighted by molar-refractivity contribution is -0.140. The van der Waals surface area contributed by atoms with Gasteiger partial charge in [-0.25, -0.2) is 0 Å². The van der Waals surface area contributed by atoms with Gasteiger partial charge in [-0.15, -0.1) is 0 Å². The van der Waals surface area contributed by atoms with Gasteiger partial charge in [-0.1, -0.05) is 43.7 Å². The van der Waals surface area contributed by atoms with Gasteiger partial charge in [0.15, 0.2) is 0 Å². The van der Waals surface area contributed by atoms with E-state index in [-0.39, 0.29) is 11.4 Å². The summed E-state index contributed by atoms with van der Waals surface area (Å²) in [5.74, 6) is -0.139. The molecule has 0 bridgehead atoms. The molecule has 0 aliphatic heterocycles. The fourth-order valence-corrected chi connectivity index (χ4v) is 1.97. The summed E-state index contributed by atoms with van der Waals surface area (Å²) in [4.78, 5) is 11.0. The van der Waals surface area contributed by atoms with E-state index < -0.39 is 0 Å². The number of rotatable bonds is 7. The smallest absolute Gasteiger partial charge is 0.305 e. The molecule has 3 heteroatoms. The highest BCUT2D eigenvalue weighted by atomic mass is 16.5. The highest BCUT2D eigenvalue weighted by molar-refractivity contribution is 5.69. The molecule has 0 spiro atoms. The van der Waals surface area contributed by atoms with Crippen LogP contribution in [0.15, 0.2) is 24.3 Å². The Balaban J connectivity index is 2.34. The molecule has 0 aliphatic carbocycles. The maximum Gasteiger partial charge on any atom is 0.305 e. The van der Waals surface area contributed by atoms with Crippen molar-refractivity contribution < 1.29 is 9.53 Å². The van der Waals surface area contributed by atoms with Crippen molar-refractivity contribution in [2.24, 2.45) is 0 Å². The molecule has 1 aromatic rings. The fourth-order valence-electron chi connectivity index (χ4n) is 1.97. The molecule has 1 N–H and O–H groups in total. The largest absolute Gasteiger partial charge is 0.469 e. The minimum absolute atomic E-state index is 0.0962. The summed E-state index contributed by atoms with van der Waals surface area (Å²) in [5.41, 5.74) is 2.71. The van der Waals surface area contributed by atoms with Crippen molar-refractivity contribution in [3.63, 3.8) is 0 Å². The number of esters is 1. The average Bonchev–Trinajstić information content (AvgIpc) is 2.38. The summed E-state index contributed by atoms with van der Waals surface area (Å²) in [5, 5.41) is 3.41. The van der Waals surface area contributed by atoms with Crippen LogP contribution in [-0.4, -0.2) is 26.2 Å². The van der Waals surface area contributed by atoms with E-state index in [1.165, 1.54) is 18.2 Å². The van der Waals surface area contributed by atoms with Crippen LogP contribution in [0.1, 0.15) is 37.8 Å². The molecule has 0 fully saturated rings. The number of hydrogen-bond acceptors (Lipinski definition) is 3. The first-order valence-corrected chi connectivity index (χ1v) is 6.80. The molecule has 0 aliphatic rings. The summed E-state index contributed by atoms with van der Waals surface area (Å²) in [6.07, 6.45) is 1.30. The van der Waals surface area contributed by atoms with Crippen molar-refractivity contribution >= 4 is 5.97 Å². The van der Waals surface area contributed by atoms with Crippen LogP contribution in [0.3, 0.4) is 0 Å². The highest BCUT2D eigenvalue weighted by Gasteiger charge is 2.19. The summed E-state index contributed by atoms with van der Waals surface area (Å²) >= 11 is 0. The quantitative estimate of drug-likeness (QED) is 0.607. The van der Waals surface area contributed by atoms with Gasteiger partial charge in [-0.2, -0.15) is 0 Å². The number of benzene rings is 1. The molecule has 0 atom stereocenters. The Hall–Kier alpha value is -1.35. The third-order valence-corrected chi connectivity index (χ3v) is 3.36. The van der Waals surface area contributed by atoms with Crippen LogP contribution < -0.4 is 5.32 Å². The molecule has 0 heterocycles. The van der Waals surface area contributed by atoms with E-state index in [9.17, 15) is 4.79 Å². The zero-order valence-corrected chi connectivity index (χ0v) is 12.5. The third-order valence-electron chi connectivity index (χ3n) is 3.36. The summed E-state index contributed by atoms with van der Waals surface area (Å²) in [6.45, 7) is 8.29. The Morgan fingerprint density at radius 2 is 1.89 bits per heavy atom. The minimum Gasteiger partial charge on any atom is -0.469 e. The van der Waals surface area contributed by atoms with Crippen LogP contribution in [-0.2, 0) is 14.9 Å². The van der Waals surface area contributed by atoms with E-state index in [1.54, 1.807) is 0 Å². The normalized spacial score (nSPS) is 11.4. The van der Waals surface area contributed by atoms with Crippen molar-refractivity contribution in [2.75, 3.05) is 20.2 Å². The maximum absolute atomic E-state index is 11.0. The van der Waals surface area contributed by atoms with Crippen molar-refractivity contribution in [3.05, 3.63) is 35.4 Å². The van der Waals surface area contributed by atoms with Crippen LogP contribution >= 0.6 is 0 Å². The molecule has 0 saturated carbocycles. The number of carbonyl (C=O) groups is 1. The van der Waals surface area contributed by atoms with Gasteiger partial charge in [0.1, 0.15) is 0 Å². The van der Waals surface area contributed by atoms with Gasteiger partial charge >= 0.3 is 5.97 Å². The number of ether oxygens (including phenoxy) is 1. The van der Waals surface area contributed by atoms with Crippen molar-refractivity contribution in [2.45, 2.75) is 39.0 Å². The summed E-state index contributed by atoms with van der Waals surface area (Å²) in [7, 11) is 1.43. The lowest BCUT2D eigenvalue weighted by Gasteiger charge is -2.26. The summed E-state index contributed by atoms with van der Waals surface area (Å²) in [6, 6.07) is 8.67. The van der Waals surface area contributed by atoms with E-state index in [1.807, 2.05) is 0 Å². The highest BCUT2D eigenvalue weighted by Crippen LogP contribution is 2.22. The lowest BCUT2D eigenvalue weighted by atomic mass is 9.84. The standard InChI is InChI=1S/C16H25NO2/c1-13-7-9-14(10-8-13)16(2,3)12-17-11-5-6-15(18)19-4/h7-10,17H,5-6,11-12H2,1-4H3. The lowest BCUT2D eigenvalue weighted by Crippen LogP contribution is -2.33. The van der Waals surface area contributed by atoms with Gasteiger partial charge in [0, 0.05) is 18.4 Å². The van der Waals surface area contributed by atoms with Gasteiger partial charge in [0.05, 0.1) is 7.11 Å². The molecule has 1 rings (SSSR count). The van der Waals surface area contributed by atoms with E-state index in [0.717, 1.165) is 19.5 Å². The zero-order chi connectivity index (χ0) is 14.3. The Morgan fingerprint density at radius 1 is 1.26 bits per heavy atom. The molecular formula is C16H25NO2. The van der Waals surface area contributed by atoms with Crippen LogP contribution in [0.5, 0.6) is 0 Å². The summed E-state index contributed by atoms with van der Waals surface area (Å²) < 4.78 is 4.61. The zero-order valence-electron chi connectivity index (χ0n) is 12.5. The minimum atomic E-state index is -0.139. The first kappa shape index (κ1) is 15.7. The number of hydrogen-bond donors (Lipinski definition) is 1. The molecule has 1 aromatic carbocycles. The number of methoxy groups -OCH3 is 1. The third kappa shape index (κ3) is 5.43. The van der Waals surface area contributed by atoms with Crippen molar-refractivity contribution in [1.29, 1.82) is 0 Å². The topological polar surface area (TPSA) is 38.3 Å². The van der Waals surface area contributed by atoms with E-state index in [4.69, 9.17) is 0 Å². The molecule has 19 heavy (non-hydrogen) atoms. The van der Waals surface area contributed by atoms with Crippen LogP contribution in [0, 0.1) is 6.92 Å². The molecule has 106 valence electrons.